The van der Waals surface area contributed by atoms with Crippen LogP contribution in [0.15, 0.2) is 168 Å². The zero-order chi connectivity index (χ0) is 32.3. The van der Waals surface area contributed by atoms with E-state index in [0.717, 1.165) is 49.6 Å². The lowest BCUT2D eigenvalue weighted by atomic mass is 9.89. The Labute approximate surface area is 282 Å². The van der Waals surface area contributed by atoms with Crippen LogP contribution in [-0.4, -0.2) is 15.0 Å². The minimum atomic E-state index is 0.606. The molecule has 8 aromatic carbocycles. The maximum atomic E-state index is 6.74. The van der Waals surface area contributed by atoms with Crippen LogP contribution in [0.1, 0.15) is 0 Å². The highest BCUT2D eigenvalue weighted by molar-refractivity contribution is 6.26. The Kier molecular flexibility index (Phi) is 6.15. The van der Waals surface area contributed by atoms with E-state index in [1.807, 2.05) is 72.8 Å². The molecule has 0 fully saturated rings. The van der Waals surface area contributed by atoms with Crippen LogP contribution in [0.5, 0.6) is 0 Å². The third kappa shape index (κ3) is 4.42. The molecule has 0 atom stereocenters. The molecule has 0 aliphatic carbocycles. The minimum absolute atomic E-state index is 0.606. The summed E-state index contributed by atoms with van der Waals surface area (Å²) in [4.78, 5) is 15.1. The number of nitrogens with zero attached hydrogens (tertiary/aromatic N) is 3. The number of furan rings is 1. The lowest BCUT2D eigenvalue weighted by Gasteiger charge is -2.14. The van der Waals surface area contributed by atoms with Gasteiger partial charge in [-0.3, -0.25) is 0 Å². The van der Waals surface area contributed by atoms with E-state index in [9.17, 15) is 0 Å². The van der Waals surface area contributed by atoms with E-state index >= 15 is 0 Å². The lowest BCUT2D eigenvalue weighted by Crippen LogP contribution is -2.00. The Morgan fingerprint density at radius 1 is 0.327 bits per heavy atom. The molecule has 0 saturated carbocycles. The molecule has 0 aliphatic heterocycles. The Bertz CT molecular complexity index is 2820. The SMILES string of the molecule is c1ccc(-c2nc(-c3ccccc3)nc(-c3cccc4oc5cc(-c6cccc7ccc8ccccc8c67)c6ccccc6c5c34)n2)cc1. The second-order valence-electron chi connectivity index (χ2n) is 12.4. The normalized spacial score (nSPS) is 11.7. The largest absolute Gasteiger partial charge is 0.456 e. The molecule has 0 N–H and O–H groups in total. The van der Waals surface area contributed by atoms with Crippen LogP contribution in [0.2, 0.25) is 0 Å². The van der Waals surface area contributed by atoms with Crippen molar-refractivity contribution in [3.63, 3.8) is 0 Å². The molecule has 10 rings (SSSR count). The fraction of sp³-hybridized carbons (Fsp3) is 0. The summed E-state index contributed by atoms with van der Waals surface area (Å²) in [5.41, 5.74) is 6.72. The van der Waals surface area contributed by atoms with Gasteiger partial charge < -0.3 is 4.42 Å². The van der Waals surface area contributed by atoms with Crippen molar-refractivity contribution in [2.24, 2.45) is 0 Å². The van der Waals surface area contributed by atoms with Crippen molar-refractivity contribution in [2.45, 2.75) is 0 Å². The molecule has 49 heavy (non-hydrogen) atoms. The third-order valence-corrected chi connectivity index (χ3v) is 9.50. The summed E-state index contributed by atoms with van der Waals surface area (Å²) in [6, 6.07) is 56.8. The molecule has 0 unspecified atom stereocenters. The van der Waals surface area contributed by atoms with E-state index in [-0.39, 0.29) is 0 Å². The van der Waals surface area contributed by atoms with E-state index in [4.69, 9.17) is 19.4 Å². The molecule has 0 spiro atoms. The van der Waals surface area contributed by atoms with E-state index in [0.29, 0.717) is 17.5 Å². The molecule has 0 aliphatic rings. The number of aromatic nitrogens is 3. The van der Waals surface area contributed by atoms with Gasteiger partial charge in [0.1, 0.15) is 11.2 Å². The standard InChI is InChI=1S/C45H27N3O/c1-3-14-30(15-4-1)43-46-44(31-16-5-2-6-17-31)48-45(47-43)36-23-12-24-38-42(36)41-34-21-10-9-20-33(34)37(27-39(41)49-38)35-22-11-18-29-26-25-28-13-7-8-19-32(28)40(29)35/h1-27H. The molecular weight excluding hydrogens is 599 g/mol. The lowest BCUT2D eigenvalue weighted by molar-refractivity contribution is 0.669. The molecule has 0 saturated heterocycles. The maximum Gasteiger partial charge on any atom is 0.164 e. The number of hydrogen-bond acceptors (Lipinski definition) is 4. The topological polar surface area (TPSA) is 51.8 Å². The average Bonchev–Trinajstić information content (AvgIpc) is 3.57. The zero-order valence-electron chi connectivity index (χ0n) is 26.3. The first kappa shape index (κ1) is 27.5. The molecule has 2 heterocycles. The quantitative estimate of drug-likeness (QED) is 0.183. The van der Waals surface area contributed by atoms with Crippen LogP contribution in [0.3, 0.4) is 0 Å². The summed E-state index contributed by atoms with van der Waals surface area (Å²) in [6.45, 7) is 0. The van der Waals surface area contributed by atoms with Gasteiger partial charge in [0, 0.05) is 27.5 Å². The van der Waals surface area contributed by atoms with Crippen LogP contribution in [0, 0.1) is 0 Å². The summed E-state index contributed by atoms with van der Waals surface area (Å²) >= 11 is 0. The number of hydrogen-bond donors (Lipinski definition) is 0. The second kappa shape index (κ2) is 11.0. The molecule has 4 nitrogen and oxygen atoms in total. The molecule has 10 aromatic rings. The van der Waals surface area contributed by atoms with Crippen molar-refractivity contribution in [1.29, 1.82) is 0 Å². The van der Waals surface area contributed by atoms with Gasteiger partial charge >= 0.3 is 0 Å². The van der Waals surface area contributed by atoms with Crippen molar-refractivity contribution in [3.05, 3.63) is 164 Å². The molecule has 228 valence electrons. The predicted octanol–water partition coefficient (Wildman–Crippen LogP) is 11.9. The Hall–Kier alpha value is -6.65. The van der Waals surface area contributed by atoms with E-state index < -0.39 is 0 Å². The number of benzene rings is 8. The number of rotatable bonds is 4. The first-order chi connectivity index (χ1) is 24.3. The number of fused-ring (bicyclic) bond motifs is 8. The highest BCUT2D eigenvalue weighted by Crippen LogP contribution is 2.45. The van der Waals surface area contributed by atoms with E-state index in [1.54, 1.807) is 0 Å². The summed E-state index contributed by atoms with van der Waals surface area (Å²) in [5, 5.41) is 9.26. The van der Waals surface area contributed by atoms with Crippen LogP contribution in [0.4, 0.5) is 0 Å². The summed E-state index contributed by atoms with van der Waals surface area (Å²) in [5.74, 6) is 1.86. The summed E-state index contributed by atoms with van der Waals surface area (Å²) in [6.07, 6.45) is 0. The van der Waals surface area contributed by atoms with Crippen molar-refractivity contribution in [2.75, 3.05) is 0 Å². The van der Waals surface area contributed by atoms with Crippen molar-refractivity contribution >= 4 is 54.3 Å². The van der Waals surface area contributed by atoms with Gasteiger partial charge in [-0.15, -0.1) is 0 Å². The first-order valence-corrected chi connectivity index (χ1v) is 16.5. The van der Waals surface area contributed by atoms with Gasteiger partial charge in [-0.2, -0.15) is 0 Å². The van der Waals surface area contributed by atoms with Crippen molar-refractivity contribution in [1.82, 2.24) is 15.0 Å². The van der Waals surface area contributed by atoms with Gasteiger partial charge in [0.15, 0.2) is 17.5 Å². The maximum absolute atomic E-state index is 6.74. The predicted molar refractivity (Wildman–Crippen MR) is 201 cm³/mol. The van der Waals surface area contributed by atoms with Crippen molar-refractivity contribution < 1.29 is 4.42 Å². The first-order valence-electron chi connectivity index (χ1n) is 16.5. The second-order valence-corrected chi connectivity index (χ2v) is 12.4. The fourth-order valence-corrected chi connectivity index (χ4v) is 7.30. The molecule has 4 heteroatoms. The average molecular weight is 626 g/mol. The Morgan fingerprint density at radius 2 is 0.898 bits per heavy atom. The van der Waals surface area contributed by atoms with Crippen molar-refractivity contribution in [3.8, 4) is 45.3 Å². The van der Waals surface area contributed by atoms with Gasteiger partial charge in [0.2, 0.25) is 0 Å². The van der Waals surface area contributed by atoms with Crippen LogP contribution >= 0.6 is 0 Å². The van der Waals surface area contributed by atoms with Gasteiger partial charge in [0.05, 0.1) is 0 Å². The van der Waals surface area contributed by atoms with E-state index in [2.05, 4.69) is 91.0 Å². The molecule has 0 radical (unpaired) electrons. The van der Waals surface area contributed by atoms with E-state index in [1.165, 1.54) is 32.5 Å². The van der Waals surface area contributed by atoms with Crippen LogP contribution < -0.4 is 0 Å². The Balaban J connectivity index is 1.27. The molecule has 0 bridgehead atoms. The van der Waals surface area contributed by atoms with Gasteiger partial charge in [0.25, 0.3) is 0 Å². The highest BCUT2D eigenvalue weighted by atomic mass is 16.3. The van der Waals surface area contributed by atoms with Gasteiger partial charge in [-0.05, 0) is 55.6 Å². The highest BCUT2D eigenvalue weighted by Gasteiger charge is 2.21. The zero-order valence-corrected chi connectivity index (χ0v) is 26.3. The summed E-state index contributed by atoms with van der Waals surface area (Å²) in [7, 11) is 0. The smallest absolute Gasteiger partial charge is 0.164 e. The molecule has 2 aromatic heterocycles. The third-order valence-electron chi connectivity index (χ3n) is 9.50. The van der Waals surface area contributed by atoms with Crippen LogP contribution in [-0.2, 0) is 0 Å². The fourth-order valence-electron chi connectivity index (χ4n) is 7.30. The van der Waals surface area contributed by atoms with Gasteiger partial charge in [-0.25, -0.2) is 15.0 Å². The summed E-state index contributed by atoms with van der Waals surface area (Å²) < 4.78 is 6.74. The minimum Gasteiger partial charge on any atom is -0.456 e. The monoisotopic (exact) mass is 625 g/mol. The van der Waals surface area contributed by atoms with Gasteiger partial charge in [-0.1, -0.05) is 152 Å². The van der Waals surface area contributed by atoms with Crippen LogP contribution in [0.25, 0.3) is 99.5 Å². The Morgan fingerprint density at radius 3 is 1.65 bits per heavy atom. The molecular formula is C45H27N3O. The molecule has 0 amide bonds.